The summed E-state index contributed by atoms with van der Waals surface area (Å²) < 4.78 is 20.1. The molecule has 0 fully saturated rings. The van der Waals surface area contributed by atoms with Crippen LogP contribution in [-0.2, 0) is 25.1 Å². The predicted molar refractivity (Wildman–Crippen MR) is 208 cm³/mol. The van der Waals surface area contributed by atoms with Gasteiger partial charge in [-0.15, -0.1) is 0 Å². The number of fused-ring (bicyclic) bond motifs is 1. The Morgan fingerprint density at radius 1 is 0.846 bits per heavy atom. The Morgan fingerprint density at radius 2 is 1.40 bits per heavy atom. The summed E-state index contributed by atoms with van der Waals surface area (Å²) in [6.45, 7) is 13.1. The topological polar surface area (TPSA) is 127 Å². The van der Waals surface area contributed by atoms with Crippen molar-refractivity contribution in [2.45, 2.75) is 96.3 Å². The third-order valence-electron chi connectivity index (χ3n) is 9.92. The molecule has 0 bridgehead atoms. The number of aromatic nitrogens is 1. The molecule has 0 aliphatic heterocycles. The summed E-state index contributed by atoms with van der Waals surface area (Å²) in [5, 5.41) is 34.8. The van der Waals surface area contributed by atoms with Crippen LogP contribution >= 0.6 is 0 Å². The molecule has 1 unspecified atom stereocenters. The number of hydrogen-bond acceptors (Lipinski definition) is 8. The van der Waals surface area contributed by atoms with Gasteiger partial charge in [0.05, 0.1) is 30.8 Å². The summed E-state index contributed by atoms with van der Waals surface area (Å²) in [5.74, 6) is -2.08. The van der Waals surface area contributed by atoms with E-state index in [2.05, 4.69) is 45.0 Å². The van der Waals surface area contributed by atoms with Crippen molar-refractivity contribution >= 4 is 41.7 Å². The number of hydrogen-bond donors (Lipinski definition) is 3. The first-order valence-corrected chi connectivity index (χ1v) is 20.1. The van der Waals surface area contributed by atoms with Crippen LogP contribution in [0.5, 0.6) is 0 Å². The minimum Gasteiger partial charge on any atom is -0.469 e. The van der Waals surface area contributed by atoms with Gasteiger partial charge in [0.25, 0.3) is 8.32 Å². The van der Waals surface area contributed by atoms with E-state index in [4.69, 9.17) is 13.9 Å². The summed E-state index contributed by atoms with van der Waals surface area (Å²) in [5.41, 5.74) is -0.728. The lowest BCUT2D eigenvalue weighted by Crippen LogP contribution is -2.67. The van der Waals surface area contributed by atoms with E-state index in [0.717, 1.165) is 10.4 Å². The van der Waals surface area contributed by atoms with Crippen LogP contribution in [0.3, 0.4) is 0 Å². The predicted octanol–water partition coefficient (Wildman–Crippen LogP) is 6.32. The molecule has 10 heteroatoms. The van der Waals surface area contributed by atoms with Gasteiger partial charge in [0.15, 0.2) is 0 Å². The second-order valence-corrected chi connectivity index (χ2v) is 20.1. The lowest BCUT2D eigenvalue weighted by atomic mass is 9.82. The molecule has 52 heavy (non-hydrogen) atoms. The second-order valence-electron chi connectivity index (χ2n) is 15.8. The summed E-state index contributed by atoms with van der Waals surface area (Å²) >= 11 is 0. The third kappa shape index (κ3) is 8.86. The first-order valence-electron chi connectivity index (χ1n) is 18.2. The van der Waals surface area contributed by atoms with Gasteiger partial charge in [0.1, 0.15) is 5.60 Å². The number of carbonyl (C=O) groups excluding carboxylic acids is 2. The number of esters is 1. The first-order chi connectivity index (χ1) is 24.6. The summed E-state index contributed by atoms with van der Waals surface area (Å²) in [6.07, 6.45) is 0.0316. The van der Waals surface area contributed by atoms with Crippen molar-refractivity contribution in [1.82, 2.24) is 4.57 Å². The number of benzene rings is 3. The number of ether oxygens (including phenoxy) is 2. The molecular formula is C42H57NO8Si. The maximum atomic E-state index is 14.1. The van der Waals surface area contributed by atoms with E-state index in [0.29, 0.717) is 22.2 Å². The van der Waals surface area contributed by atoms with Crippen molar-refractivity contribution in [3.05, 3.63) is 96.2 Å². The van der Waals surface area contributed by atoms with Crippen LogP contribution in [0.4, 0.5) is 4.79 Å². The second kappa shape index (κ2) is 16.9. The number of para-hydroxylation sites is 1. The maximum Gasteiger partial charge on any atom is 0.419 e. The van der Waals surface area contributed by atoms with Gasteiger partial charge in [-0.25, -0.2) is 9.36 Å². The number of aliphatic hydroxyl groups excluding tert-OH is 2. The van der Waals surface area contributed by atoms with E-state index < -0.39 is 50.0 Å². The van der Waals surface area contributed by atoms with Gasteiger partial charge >= 0.3 is 12.1 Å². The molecule has 3 atom stereocenters. The molecule has 3 N–H and O–H groups in total. The Balaban J connectivity index is 1.94. The van der Waals surface area contributed by atoms with Crippen LogP contribution < -0.4 is 10.4 Å². The van der Waals surface area contributed by atoms with Crippen molar-refractivity contribution in [3.63, 3.8) is 0 Å². The number of carbonyl (C=O) groups is 2. The Labute approximate surface area is 309 Å². The maximum absolute atomic E-state index is 14.1. The highest BCUT2D eigenvalue weighted by atomic mass is 28.4. The van der Waals surface area contributed by atoms with Gasteiger partial charge in [-0.3, -0.25) is 4.79 Å². The highest BCUT2D eigenvalue weighted by molar-refractivity contribution is 6.99. The SMILES string of the molecule is CC[C@@](O)(CO)C[C@H](CO[Si](c1ccccc1)(c1ccccc1)C(C)(C)C)CC(C(=O)OC)c1c(CCO)c2ccccc2n1C(=O)OC(C)(C)C. The fraction of sp³-hybridized carbons (Fsp3) is 0.476. The number of nitrogens with zero attached hydrogens (tertiary/aromatic N) is 1. The van der Waals surface area contributed by atoms with Crippen LogP contribution in [0, 0.1) is 5.92 Å². The molecular weight excluding hydrogens is 675 g/mol. The summed E-state index contributed by atoms with van der Waals surface area (Å²) in [7, 11) is -1.74. The van der Waals surface area contributed by atoms with E-state index in [1.54, 1.807) is 26.8 Å². The van der Waals surface area contributed by atoms with Crippen molar-refractivity contribution in [3.8, 4) is 0 Å². The molecule has 1 aromatic heterocycles. The largest absolute Gasteiger partial charge is 0.469 e. The molecule has 282 valence electrons. The van der Waals surface area contributed by atoms with Gasteiger partial charge in [-0.2, -0.15) is 0 Å². The quantitative estimate of drug-likeness (QED) is 0.0958. The highest BCUT2D eigenvalue weighted by Gasteiger charge is 2.51. The van der Waals surface area contributed by atoms with Crippen molar-refractivity contribution in [2.24, 2.45) is 5.92 Å². The molecule has 1 heterocycles. The van der Waals surface area contributed by atoms with Gasteiger partial charge < -0.3 is 29.2 Å². The van der Waals surface area contributed by atoms with Crippen molar-refractivity contribution in [1.29, 1.82) is 0 Å². The average Bonchev–Trinajstić information content (AvgIpc) is 3.43. The summed E-state index contributed by atoms with van der Waals surface area (Å²) in [4.78, 5) is 28.1. The normalized spacial score (nSPS) is 14.8. The Hall–Kier alpha value is -3.80. The molecule has 4 aromatic rings. The van der Waals surface area contributed by atoms with Crippen LogP contribution in [0.15, 0.2) is 84.9 Å². The van der Waals surface area contributed by atoms with Crippen LogP contribution in [-0.4, -0.2) is 78.4 Å². The van der Waals surface area contributed by atoms with Crippen LogP contribution in [0.25, 0.3) is 10.9 Å². The lowest BCUT2D eigenvalue weighted by Gasteiger charge is -2.44. The first kappa shape index (κ1) is 41.0. The molecule has 0 radical (unpaired) electrons. The zero-order chi connectivity index (χ0) is 38.3. The minimum atomic E-state index is -3.05. The van der Waals surface area contributed by atoms with Gasteiger partial charge in [0, 0.05) is 24.3 Å². The van der Waals surface area contributed by atoms with Crippen molar-refractivity contribution < 1.29 is 38.8 Å². The van der Waals surface area contributed by atoms with Gasteiger partial charge in [-0.05, 0) is 79.4 Å². The Kier molecular flexibility index (Phi) is 13.3. The molecule has 3 aromatic carbocycles. The number of rotatable bonds is 15. The molecule has 0 saturated carbocycles. The molecule has 4 rings (SSSR count). The standard InChI is InChI=1S/C42H57NO8Si/c1-9-42(48,29-45)27-30(28-50-52(41(5,6)7,31-18-12-10-13-19-31)32-20-14-11-15-21-32)26-35(38(46)49-8)37-34(24-25-44)33-22-16-17-23-36(33)43(37)39(47)51-40(2,3)4/h10-23,30,35,44-45,48H,9,24-29H2,1-8H3/t30-,35?,42+/m1/s1. The monoisotopic (exact) mass is 731 g/mol. The zero-order valence-electron chi connectivity index (χ0n) is 32.0. The highest BCUT2D eigenvalue weighted by Crippen LogP contribution is 2.41. The molecule has 0 aliphatic carbocycles. The number of methoxy groups -OCH3 is 1. The average molecular weight is 732 g/mol. The molecule has 0 saturated heterocycles. The third-order valence-corrected chi connectivity index (χ3v) is 14.9. The van der Waals surface area contributed by atoms with E-state index in [9.17, 15) is 24.9 Å². The molecule has 9 nitrogen and oxygen atoms in total. The van der Waals surface area contributed by atoms with E-state index in [-0.39, 0.29) is 43.9 Å². The fourth-order valence-corrected chi connectivity index (χ4v) is 12.1. The Morgan fingerprint density at radius 3 is 1.88 bits per heavy atom. The molecule has 0 spiro atoms. The fourth-order valence-electron chi connectivity index (χ4n) is 7.44. The molecule has 0 aliphatic rings. The minimum absolute atomic E-state index is 0.116. The summed E-state index contributed by atoms with van der Waals surface area (Å²) in [6, 6.07) is 27.8. The van der Waals surface area contributed by atoms with Gasteiger partial charge in [-0.1, -0.05) is 107 Å². The van der Waals surface area contributed by atoms with Crippen LogP contribution in [0.1, 0.15) is 84.9 Å². The van der Waals surface area contributed by atoms with Crippen molar-refractivity contribution in [2.75, 3.05) is 26.9 Å². The number of aliphatic hydroxyl groups is 3. The smallest absolute Gasteiger partial charge is 0.419 e. The zero-order valence-corrected chi connectivity index (χ0v) is 33.0. The van der Waals surface area contributed by atoms with E-state index >= 15 is 0 Å². The van der Waals surface area contributed by atoms with E-state index in [1.807, 2.05) is 61.5 Å². The van der Waals surface area contributed by atoms with Gasteiger partial charge in [0.2, 0.25) is 0 Å². The lowest BCUT2D eigenvalue weighted by molar-refractivity contribution is -0.143. The van der Waals surface area contributed by atoms with E-state index in [1.165, 1.54) is 11.7 Å². The Bertz CT molecular complexity index is 1730. The molecule has 0 amide bonds. The van der Waals surface area contributed by atoms with Crippen LogP contribution in [0.2, 0.25) is 5.04 Å².